The minimum absolute atomic E-state index is 0. The number of halogens is 2. The maximum Gasteiger partial charge on any atom is 0.336 e. The number of carbonyl (C=O) groups is 1. The molecule has 1 aliphatic heterocycles. The summed E-state index contributed by atoms with van der Waals surface area (Å²) >= 11 is 0. The molecule has 0 amide bonds. The van der Waals surface area contributed by atoms with Gasteiger partial charge in [0.2, 0.25) is 0 Å². The number of carboxylic acid groups (broad SMARTS) is 1. The van der Waals surface area contributed by atoms with E-state index in [4.69, 9.17) is 10.5 Å². The van der Waals surface area contributed by atoms with Crippen molar-refractivity contribution in [2.45, 2.75) is 26.3 Å². The second-order valence-electron chi connectivity index (χ2n) is 5.61. The first-order valence-electron chi connectivity index (χ1n) is 7.40. The quantitative estimate of drug-likeness (QED) is 0.556. The fourth-order valence-corrected chi connectivity index (χ4v) is 2.77. The van der Waals surface area contributed by atoms with Crippen LogP contribution in [0.25, 0.3) is 0 Å². The Labute approximate surface area is 149 Å². The summed E-state index contributed by atoms with van der Waals surface area (Å²) in [6, 6.07) is 7.12. The first-order chi connectivity index (χ1) is 10.1. The molecular weight excluding hydrogens is 337 g/mol. The van der Waals surface area contributed by atoms with E-state index in [1.807, 2.05) is 19.1 Å². The van der Waals surface area contributed by atoms with Crippen LogP contribution < -0.4 is 5.32 Å². The zero-order chi connectivity index (χ0) is 15.2. The van der Waals surface area contributed by atoms with Crippen LogP contribution in [0.5, 0.6) is 0 Å². The molecule has 0 atom stereocenters. The summed E-state index contributed by atoms with van der Waals surface area (Å²) in [6.07, 6.45) is 2.17. The molecule has 0 aliphatic carbocycles. The third-order valence-electron chi connectivity index (χ3n) is 4.09. The fourth-order valence-electron chi connectivity index (χ4n) is 2.77. The zero-order valence-corrected chi connectivity index (χ0v) is 14.9. The van der Waals surface area contributed by atoms with Gasteiger partial charge in [-0.05, 0) is 43.9 Å². The molecule has 1 aliphatic rings. The first-order valence-corrected chi connectivity index (χ1v) is 7.40. The monoisotopic (exact) mass is 361 g/mol. The summed E-state index contributed by atoms with van der Waals surface area (Å²) in [4.78, 5) is 13.2. The number of hydrogen-bond donors (Lipinski definition) is 3. The molecule has 0 radical (unpaired) electrons. The van der Waals surface area contributed by atoms with E-state index in [2.05, 4.69) is 10.2 Å². The Hall–Kier alpha value is -1.30. The Morgan fingerprint density at radius 3 is 2.48 bits per heavy atom. The van der Waals surface area contributed by atoms with Crippen LogP contribution in [0, 0.1) is 11.3 Å². The van der Waals surface area contributed by atoms with E-state index in [1.54, 1.807) is 12.1 Å². The Balaban J connectivity index is 0.00000242. The predicted octanol–water partition coefficient (Wildman–Crippen LogP) is 3.03. The van der Waals surface area contributed by atoms with Gasteiger partial charge in [-0.3, -0.25) is 5.41 Å². The highest BCUT2D eigenvalue weighted by Gasteiger charge is 2.19. The number of amidine groups is 1. The third kappa shape index (κ3) is 6.37. The van der Waals surface area contributed by atoms with Crippen molar-refractivity contribution in [1.29, 1.82) is 5.41 Å². The van der Waals surface area contributed by atoms with Gasteiger partial charge in [0.1, 0.15) is 0 Å². The van der Waals surface area contributed by atoms with E-state index >= 15 is 0 Å². The smallest absolute Gasteiger partial charge is 0.336 e. The van der Waals surface area contributed by atoms with Gasteiger partial charge in [-0.15, -0.1) is 24.8 Å². The van der Waals surface area contributed by atoms with Crippen molar-refractivity contribution in [3.8, 4) is 0 Å². The molecule has 1 saturated heterocycles. The van der Waals surface area contributed by atoms with E-state index in [9.17, 15) is 4.79 Å². The van der Waals surface area contributed by atoms with Gasteiger partial charge in [-0.25, -0.2) is 4.79 Å². The minimum atomic E-state index is -0.873. The average Bonchev–Trinajstić information content (AvgIpc) is 2.48. The minimum Gasteiger partial charge on any atom is -0.478 e. The number of benzene rings is 1. The molecule has 1 fully saturated rings. The van der Waals surface area contributed by atoms with E-state index in [1.165, 1.54) is 0 Å². The lowest BCUT2D eigenvalue weighted by Gasteiger charge is -2.32. The van der Waals surface area contributed by atoms with Gasteiger partial charge in [0.15, 0.2) is 0 Å². The predicted molar refractivity (Wildman–Crippen MR) is 97.3 cm³/mol. The molecule has 0 saturated carbocycles. The third-order valence-corrected chi connectivity index (χ3v) is 4.09. The summed E-state index contributed by atoms with van der Waals surface area (Å²) in [5, 5.41) is 20.1. The number of likely N-dealkylation sites (tertiary alicyclic amines) is 1. The lowest BCUT2D eigenvalue weighted by atomic mass is 9.96. The summed E-state index contributed by atoms with van der Waals surface area (Å²) in [7, 11) is 0. The number of hydrogen-bond acceptors (Lipinski definition) is 3. The number of carboxylic acids is 1. The van der Waals surface area contributed by atoms with Gasteiger partial charge in [-0.2, -0.15) is 0 Å². The number of piperidine rings is 1. The largest absolute Gasteiger partial charge is 0.478 e. The van der Waals surface area contributed by atoms with Gasteiger partial charge in [0.25, 0.3) is 0 Å². The van der Waals surface area contributed by atoms with E-state index < -0.39 is 5.97 Å². The standard InChI is InChI=1S/C16H23N3O2.2ClH/c1-12(17)19-8-6-13(7-9-19)10-18-11-14-4-2-3-5-15(14)16(20)21;;/h2-5,13,17-18H,6-11H2,1H3,(H,20,21);2*1H. The molecular formula is C16H25Cl2N3O2. The van der Waals surface area contributed by atoms with Crippen molar-refractivity contribution in [3.05, 3.63) is 35.4 Å². The van der Waals surface area contributed by atoms with Gasteiger partial charge >= 0.3 is 5.97 Å². The molecule has 1 aromatic rings. The number of nitrogens with zero attached hydrogens (tertiary/aromatic N) is 1. The second-order valence-corrected chi connectivity index (χ2v) is 5.61. The summed E-state index contributed by atoms with van der Waals surface area (Å²) in [6.45, 7) is 5.23. The lowest BCUT2D eigenvalue weighted by molar-refractivity contribution is 0.0695. The van der Waals surface area contributed by atoms with E-state index in [0.29, 0.717) is 23.9 Å². The van der Waals surface area contributed by atoms with E-state index in [-0.39, 0.29) is 24.8 Å². The molecule has 0 aromatic heterocycles. The van der Waals surface area contributed by atoms with Crippen LogP contribution >= 0.6 is 24.8 Å². The summed E-state index contributed by atoms with van der Waals surface area (Å²) in [5.41, 5.74) is 1.21. The second kappa shape index (κ2) is 10.5. The van der Waals surface area contributed by atoms with Crippen molar-refractivity contribution in [2.75, 3.05) is 19.6 Å². The molecule has 0 spiro atoms. The van der Waals surface area contributed by atoms with Crippen LogP contribution in [0.1, 0.15) is 35.7 Å². The van der Waals surface area contributed by atoms with Gasteiger partial charge < -0.3 is 15.3 Å². The molecule has 2 rings (SSSR count). The number of rotatable bonds is 5. The highest BCUT2D eigenvalue weighted by Crippen LogP contribution is 2.17. The van der Waals surface area contributed by atoms with Crippen LogP contribution in [-0.4, -0.2) is 41.4 Å². The van der Waals surface area contributed by atoms with Crippen molar-refractivity contribution >= 4 is 36.6 Å². The highest BCUT2D eigenvalue weighted by molar-refractivity contribution is 5.89. The van der Waals surface area contributed by atoms with Gasteiger partial charge in [0.05, 0.1) is 11.4 Å². The molecule has 7 heteroatoms. The van der Waals surface area contributed by atoms with Crippen molar-refractivity contribution < 1.29 is 9.90 Å². The molecule has 3 N–H and O–H groups in total. The SMILES string of the molecule is CC(=N)N1CCC(CNCc2ccccc2C(=O)O)CC1.Cl.Cl. The molecule has 1 heterocycles. The zero-order valence-electron chi connectivity index (χ0n) is 13.2. The van der Waals surface area contributed by atoms with Crippen molar-refractivity contribution in [2.24, 2.45) is 5.92 Å². The van der Waals surface area contributed by atoms with Crippen LogP contribution in [-0.2, 0) is 6.54 Å². The maximum atomic E-state index is 11.1. The maximum absolute atomic E-state index is 11.1. The molecule has 0 unspecified atom stereocenters. The first kappa shape index (κ1) is 21.7. The number of aromatic carboxylic acids is 1. The molecule has 1 aromatic carbocycles. The lowest BCUT2D eigenvalue weighted by Crippen LogP contribution is -2.39. The Bertz CT molecular complexity index is 518. The van der Waals surface area contributed by atoms with Crippen molar-refractivity contribution in [1.82, 2.24) is 10.2 Å². The van der Waals surface area contributed by atoms with Crippen LogP contribution in [0.15, 0.2) is 24.3 Å². The normalized spacial score (nSPS) is 14.6. The van der Waals surface area contributed by atoms with Gasteiger partial charge in [0, 0.05) is 19.6 Å². The Morgan fingerprint density at radius 2 is 1.91 bits per heavy atom. The molecule has 5 nitrogen and oxygen atoms in total. The highest BCUT2D eigenvalue weighted by atomic mass is 35.5. The molecule has 0 bridgehead atoms. The van der Waals surface area contributed by atoms with E-state index in [0.717, 1.165) is 38.0 Å². The Kier molecular flexibility index (Phi) is 9.88. The average molecular weight is 362 g/mol. The van der Waals surface area contributed by atoms with Crippen LogP contribution in [0.4, 0.5) is 0 Å². The summed E-state index contributed by atoms with van der Waals surface area (Å²) in [5.74, 6) is 0.386. The van der Waals surface area contributed by atoms with Crippen LogP contribution in [0.3, 0.4) is 0 Å². The molecule has 130 valence electrons. The van der Waals surface area contributed by atoms with Crippen LogP contribution in [0.2, 0.25) is 0 Å². The topological polar surface area (TPSA) is 76.4 Å². The van der Waals surface area contributed by atoms with Crippen molar-refractivity contribution in [3.63, 3.8) is 0 Å². The Morgan fingerprint density at radius 1 is 1.30 bits per heavy atom. The fraction of sp³-hybridized carbons (Fsp3) is 0.500. The molecule has 23 heavy (non-hydrogen) atoms. The van der Waals surface area contributed by atoms with Gasteiger partial charge in [-0.1, -0.05) is 18.2 Å². The summed E-state index contributed by atoms with van der Waals surface area (Å²) < 4.78 is 0. The number of nitrogens with one attached hydrogen (secondary N) is 2.